The van der Waals surface area contributed by atoms with E-state index in [0.717, 1.165) is 34.2 Å². The van der Waals surface area contributed by atoms with E-state index < -0.39 is 11.9 Å². The van der Waals surface area contributed by atoms with Gasteiger partial charge in [-0.05, 0) is 55.3 Å². The Morgan fingerprint density at radius 3 is 2.19 bits per heavy atom. The Balaban J connectivity index is 1.38. The first-order chi connectivity index (χ1) is 15.7. The Hall–Kier alpha value is -3.51. The third-order valence-electron chi connectivity index (χ3n) is 5.39. The lowest BCUT2D eigenvalue weighted by molar-refractivity contribution is -0.143. The number of carbonyl (C=O) groups is 1. The molecule has 1 aliphatic rings. The highest BCUT2D eigenvalue weighted by Crippen LogP contribution is 2.45. The molecular weight excluding hydrogens is 406 g/mol. The zero-order valence-corrected chi connectivity index (χ0v) is 18.1. The number of para-hydroxylation sites is 4. The summed E-state index contributed by atoms with van der Waals surface area (Å²) in [7, 11) is 0. The van der Waals surface area contributed by atoms with Gasteiger partial charge in [-0.3, -0.25) is 4.79 Å². The van der Waals surface area contributed by atoms with Crippen molar-refractivity contribution in [3.8, 4) is 17.2 Å². The van der Waals surface area contributed by atoms with Crippen LogP contribution in [-0.4, -0.2) is 37.4 Å². The molecular formula is C26H27NO5. The van der Waals surface area contributed by atoms with Crippen molar-refractivity contribution in [3.05, 3.63) is 78.4 Å². The molecule has 0 fully saturated rings. The molecule has 4 rings (SSSR count). The highest BCUT2D eigenvalue weighted by molar-refractivity contribution is 5.77. The highest BCUT2D eigenvalue weighted by Gasteiger charge is 2.23. The summed E-state index contributed by atoms with van der Waals surface area (Å²) >= 11 is 0. The zero-order chi connectivity index (χ0) is 22.3. The lowest BCUT2D eigenvalue weighted by atomic mass is 10.0. The smallest absolute Gasteiger partial charge is 0.309 e. The molecule has 3 aromatic carbocycles. The second-order valence-electron chi connectivity index (χ2n) is 7.58. The lowest BCUT2D eigenvalue weighted by Crippen LogP contribution is -2.26. The summed E-state index contributed by atoms with van der Waals surface area (Å²) in [5.74, 6) is 1.01. The molecule has 166 valence electrons. The molecule has 0 aromatic heterocycles. The number of hydrogen-bond acceptors (Lipinski definition) is 5. The number of ether oxygens (including phenoxy) is 3. The van der Waals surface area contributed by atoms with E-state index in [2.05, 4.69) is 4.90 Å². The van der Waals surface area contributed by atoms with Gasteiger partial charge < -0.3 is 24.2 Å². The van der Waals surface area contributed by atoms with Crippen molar-refractivity contribution in [1.29, 1.82) is 0 Å². The van der Waals surface area contributed by atoms with E-state index in [0.29, 0.717) is 26.2 Å². The molecule has 6 nitrogen and oxygen atoms in total. The molecule has 1 aliphatic heterocycles. The van der Waals surface area contributed by atoms with Crippen molar-refractivity contribution >= 4 is 17.3 Å². The predicted octanol–water partition coefficient (Wildman–Crippen LogP) is 5.29. The average molecular weight is 434 g/mol. The SMILES string of the molecule is CCOCC(Cc1ccc(OCCN2c3ccccc3Oc3ccccc32)cc1)C(=O)O. The number of anilines is 2. The van der Waals surface area contributed by atoms with Crippen LogP contribution in [0.15, 0.2) is 72.8 Å². The van der Waals surface area contributed by atoms with E-state index in [1.165, 1.54) is 0 Å². The first-order valence-electron chi connectivity index (χ1n) is 10.8. The van der Waals surface area contributed by atoms with Gasteiger partial charge in [-0.2, -0.15) is 0 Å². The van der Waals surface area contributed by atoms with Crippen LogP contribution in [0, 0.1) is 5.92 Å². The quantitative estimate of drug-likeness (QED) is 0.469. The second-order valence-corrected chi connectivity index (χ2v) is 7.58. The molecule has 1 heterocycles. The molecule has 1 atom stereocenters. The minimum Gasteiger partial charge on any atom is -0.492 e. The minimum absolute atomic E-state index is 0.215. The molecule has 0 aliphatic carbocycles. The first-order valence-corrected chi connectivity index (χ1v) is 10.8. The van der Waals surface area contributed by atoms with E-state index in [9.17, 15) is 9.90 Å². The number of nitrogens with zero attached hydrogens (tertiary/aromatic N) is 1. The molecule has 1 N–H and O–H groups in total. The summed E-state index contributed by atoms with van der Waals surface area (Å²) in [5.41, 5.74) is 2.97. The molecule has 6 heteroatoms. The van der Waals surface area contributed by atoms with E-state index in [-0.39, 0.29) is 6.61 Å². The van der Waals surface area contributed by atoms with Crippen LogP contribution in [0.5, 0.6) is 17.2 Å². The molecule has 0 saturated heterocycles. The van der Waals surface area contributed by atoms with E-state index >= 15 is 0 Å². The Morgan fingerprint density at radius 1 is 0.969 bits per heavy atom. The maximum absolute atomic E-state index is 11.4. The Morgan fingerprint density at radius 2 is 1.59 bits per heavy atom. The molecule has 3 aromatic rings. The van der Waals surface area contributed by atoms with Gasteiger partial charge in [-0.25, -0.2) is 0 Å². The fourth-order valence-electron chi connectivity index (χ4n) is 3.76. The number of carboxylic acids is 1. The van der Waals surface area contributed by atoms with Crippen molar-refractivity contribution < 1.29 is 24.1 Å². The van der Waals surface area contributed by atoms with Crippen molar-refractivity contribution in [2.75, 3.05) is 31.3 Å². The van der Waals surface area contributed by atoms with E-state index in [1.807, 2.05) is 79.7 Å². The maximum atomic E-state index is 11.4. The monoisotopic (exact) mass is 433 g/mol. The van der Waals surface area contributed by atoms with Gasteiger partial charge >= 0.3 is 5.97 Å². The van der Waals surface area contributed by atoms with Crippen molar-refractivity contribution in [2.45, 2.75) is 13.3 Å². The number of rotatable bonds is 10. The third-order valence-corrected chi connectivity index (χ3v) is 5.39. The zero-order valence-electron chi connectivity index (χ0n) is 18.1. The number of fused-ring (bicyclic) bond motifs is 2. The van der Waals surface area contributed by atoms with E-state index in [1.54, 1.807) is 0 Å². The Labute approximate surface area is 188 Å². The fourth-order valence-corrected chi connectivity index (χ4v) is 3.76. The summed E-state index contributed by atoms with van der Waals surface area (Å²) in [5, 5.41) is 9.38. The number of aliphatic carboxylic acids is 1. The van der Waals surface area contributed by atoms with Gasteiger partial charge in [-0.15, -0.1) is 0 Å². The van der Waals surface area contributed by atoms with Crippen LogP contribution in [0.1, 0.15) is 12.5 Å². The van der Waals surface area contributed by atoms with Crippen LogP contribution in [-0.2, 0) is 16.0 Å². The summed E-state index contributed by atoms with van der Waals surface area (Å²) in [6, 6.07) is 23.5. The minimum atomic E-state index is -0.843. The third kappa shape index (κ3) is 5.03. The second kappa shape index (κ2) is 10.2. The number of benzene rings is 3. The normalized spacial score (nSPS) is 13.0. The first kappa shape index (κ1) is 21.7. The molecule has 1 unspecified atom stereocenters. The van der Waals surface area contributed by atoms with Crippen LogP contribution in [0.4, 0.5) is 11.4 Å². The summed E-state index contributed by atoms with van der Waals surface area (Å²) in [6.45, 7) is 3.74. The predicted molar refractivity (Wildman–Crippen MR) is 123 cm³/mol. The maximum Gasteiger partial charge on any atom is 0.309 e. The summed E-state index contributed by atoms with van der Waals surface area (Å²) in [4.78, 5) is 13.6. The lowest BCUT2D eigenvalue weighted by Gasteiger charge is -2.32. The van der Waals surface area contributed by atoms with Crippen LogP contribution < -0.4 is 14.4 Å². The average Bonchev–Trinajstić information content (AvgIpc) is 2.82. The van der Waals surface area contributed by atoms with Gasteiger partial charge in [-0.1, -0.05) is 36.4 Å². The topological polar surface area (TPSA) is 68.2 Å². The van der Waals surface area contributed by atoms with Gasteiger partial charge in [0.2, 0.25) is 0 Å². The van der Waals surface area contributed by atoms with Gasteiger partial charge in [0.15, 0.2) is 11.5 Å². The number of carboxylic acid groups (broad SMARTS) is 1. The van der Waals surface area contributed by atoms with E-state index in [4.69, 9.17) is 14.2 Å². The summed E-state index contributed by atoms with van der Waals surface area (Å²) in [6.07, 6.45) is 0.428. The standard InChI is InChI=1S/C26H27NO5/c1-2-30-18-20(26(28)29)17-19-11-13-21(14-12-19)31-16-15-27-22-7-3-5-9-24(22)32-25-10-6-4-8-23(25)27/h3-14,20H,2,15-18H2,1H3,(H,28,29). The molecule has 0 saturated carbocycles. The molecule has 0 amide bonds. The Kier molecular flexibility index (Phi) is 6.92. The van der Waals surface area contributed by atoms with Crippen LogP contribution >= 0.6 is 0 Å². The van der Waals surface area contributed by atoms with Gasteiger partial charge in [0.05, 0.1) is 30.4 Å². The fraction of sp³-hybridized carbons (Fsp3) is 0.269. The Bertz CT molecular complexity index is 1000. The van der Waals surface area contributed by atoms with Crippen molar-refractivity contribution in [2.24, 2.45) is 5.92 Å². The molecule has 32 heavy (non-hydrogen) atoms. The summed E-state index contributed by atoms with van der Waals surface area (Å²) < 4.78 is 17.3. The number of hydrogen-bond donors (Lipinski definition) is 1. The van der Waals surface area contributed by atoms with Gasteiger partial charge in [0.1, 0.15) is 12.4 Å². The largest absolute Gasteiger partial charge is 0.492 e. The molecule has 0 radical (unpaired) electrons. The molecule has 0 spiro atoms. The van der Waals surface area contributed by atoms with Crippen molar-refractivity contribution in [1.82, 2.24) is 0 Å². The van der Waals surface area contributed by atoms with Gasteiger partial charge in [0.25, 0.3) is 0 Å². The van der Waals surface area contributed by atoms with Crippen LogP contribution in [0.3, 0.4) is 0 Å². The highest BCUT2D eigenvalue weighted by atomic mass is 16.5. The van der Waals surface area contributed by atoms with Crippen LogP contribution in [0.2, 0.25) is 0 Å². The van der Waals surface area contributed by atoms with Crippen molar-refractivity contribution in [3.63, 3.8) is 0 Å². The molecule has 0 bridgehead atoms. The van der Waals surface area contributed by atoms with Crippen LogP contribution in [0.25, 0.3) is 0 Å². The van der Waals surface area contributed by atoms with Gasteiger partial charge in [0, 0.05) is 6.61 Å².